The third-order valence-corrected chi connectivity index (χ3v) is 7.83. The first-order chi connectivity index (χ1) is 12.9. The van der Waals surface area contributed by atoms with E-state index in [0.717, 1.165) is 12.8 Å². The number of allylic oxidation sites excluding steroid dienone is 2. The molecule has 1 aliphatic carbocycles. The van der Waals surface area contributed by atoms with E-state index < -0.39 is 10.0 Å². The minimum atomic E-state index is -3.70. The van der Waals surface area contributed by atoms with Crippen LogP contribution in [0.2, 0.25) is 5.15 Å². The van der Waals surface area contributed by atoms with Gasteiger partial charge >= 0.3 is 5.97 Å². The van der Waals surface area contributed by atoms with Crippen molar-refractivity contribution in [2.24, 2.45) is 17.8 Å². The molecule has 27 heavy (non-hydrogen) atoms. The molecule has 2 atom stereocenters. The van der Waals surface area contributed by atoms with E-state index in [2.05, 4.69) is 24.1 Å². The average molecular weight is 413 g/mol. The molecular formula is C19H25ClN2O4S. The summed E-state index contributed by atoms with van der Waals surface area (Å²) in [6.07, 6.45) is 8.64. The quantitative estimate of drug-likeness (QED) is 0.421. The van der Waals surface area contributed by atoms with Crippen molar-refractivity contribution in [3.8, 4) is 0 Å². The summed E-state index contributed by atoms with van der Waals surface area (Å²) in [5.41, 5.74) is 0. The van der Waals surface area contributed by atoms with Crippen LogP contribution in [-0.2, 0) is 19.6 Å². The van der Waals surface area contributed by atoms with Gasteiger partial charge in [0.1, 0.15) is 10.0 Å². The lowest BCUT2D eigenvalue weighted by molar-refractivity contribution is -0.151. The molecule has 0 aromatic carbocycles. The van der Waals surface area contributed by atoms with Gasteiger partial charge in [0.05, 0.1) is 12.5 Å². The molecule has 0 spiro atoms. The van der Waals surface area contributed by atoms with Crippen molar-refractivity contribution in [3.63, 3.8) is 0 Å². The Hall–Kier alpha value is -1.44. The molecule has 1 aliphatic heterocycles. The van der Waals surface area contributed by atoms with Crippen molar-refractivity contribution in [1.82, 2.24) is 9.29 Å². The number of rotatable bonds is 5. The first kappa shape index (κ1) is 20.3. The van der Waals surface area contributed by atoms with Crippen molar-refractivity contribution in [2.45, 2.75) is 37.5 Å². The second-order valence-corrected chi connectivity index (χ2v) is 9.55. The fourth-order valence-electron chi connectivity index (χ4n) is 3.58. The Kier molecular flexibility index (Phi) is 6.55. The fourth-order valence-corrected chi connectivity index (χ4v) is 5.48. The molecule has 0 unspecified atom stereocenters. The third kappa shape index (κ3) is 4.70. The minimum Gasteiger partial charge on any atom is -0.465 e. The van der Waals surface area contributed by atoms with Gasteiger partial charge in [0.25, 0.3) is 0 Å². The van der Waals surface area contributed by atoms with E-state index in [1.807, 2.05) is 0 Å². The van der Waals surface area contributed by atoms with Crippen molar-refractivity contribution in [2.75, 3.05) is 19.7 Å². The van der Waals surface area contributed by atoms with Gasteiger partial charge in [-0.05, 0) is 49.7 Å². The summed E-state index contributed by atoms with van der Waals surface area (Å²) in [5, 5.41) is -0.0327. The lowest BCUT2D eigenvalue weighted by atomic mass is 9.85. The average Bonchev–Trinajstić information content (AvgIpc) is 2.67. The molecule has 1 aromatic rings. The Morgan fingerprint density at radius 1 is 1.30 bits per heavy atom. The van der Waals surface area contributed by atoms with E-state index in [0.29, 0.717) is 31.3 Å². The molecule has 0 N–H and O–H groups in total. The number of carbonyl (C=O) groups excluding carboxylic acids is 1. The zero-order valence-electron chi connectivity index (χ0n) is 15.4. The monoisotopic (exact) mass is 412 g/mol. The van der Waals surface area contributed by atoms with Crippen LogP contribution in [0.5, 0.6) is 0 Å². The van der Waals surface area contributed by atoms with Crippen LogP contribution in [0.25, 0.3) is 0 Å². The SMILES string of the molecule is C[C@H]1CC=CC[C@@H]1COC(=O)C1CCN(S(=O)(=O)c2cccnc2Cl)CC1. The summed E-state index contributed by atoms with van der Waals surface area (Å²) >= 11 is 5.94. The van der Waals surface area contributed by atoms with Gasteiger partial charge in [0.15, 0.2) is 0 Å². The number of hydrogen-bond donors (Lipinski definition) is 0. The molecule has 6 nitrogen and oxygen atoms in total. The predicted molar refractivity (Wildman–Crippen MR) is 103 cm³/mol. The van der Waals surface area contributed by atoms with Crippen LogP contribution in [0.4, 0.5) is 0 Å². The number of esters is 1. The number of halogens is 1. The first-order valence-electron chi connectivity index (χ1n) is 9.32. The largest absolute Gasteiger partial charge is 0.465 e. The highest BCUT2D eigenvalue weighted by Gasteiger charge is 2.34. The topological polar surface area (TPSA) is 76.6 Å². The molecule has 0 amide bonds. The Morgan fingerprint density at radius 3 is 2.67 bits per heavy atom. The van der Waals surface area contributed by atoms with E-state index in [4.69, 9.17) is 16.3 Å². The van der Waals surface area contributed by atoms with Crippen LogP contribution in [0.3, 0.4) is 0 Å². The standard InChI is InChI=1S/C19H25ClN2O4S/c1-14-5-2-3-6-16(14)13-26-19(23)15-8-11-22(12-9-15)27(24,25)17-7-4-10-21-18(17)20/h2-4,7,10,14-16H,5-6,8-9,11-13H2,1H3/t14-,16+/m0/s1. The number of carbonyl (C=O) groups is 1. The zero-order chi connectivity index (χ0) is 19.4. The molecule has 1 saturated heterocycles. The fraction of sp³-hybridized carbons (Fsp3) is 0.579. The van der Waals surface area contributed by atoms with Gasteiger partial charge in [-0.25, -0.2) is 13.4 Å². The van der Waals surface area contributed by atoms with Gasteiger partial charge < -0.3 is 4.74 Å². The van der Waals surface area contributed by atoms with Gasteiger partial charge in [0.2, 0.25) is 10.0 Å². The zero-order valence-corrected chi connectivity index (χ0v) is 17.0. The van der Waals surface area contributed by atoms with E-state index in [-0.39, 0.29) is 35.0 Å². The van der Waals surface area contributed by atoms with Crippen LogP contribution < -0.4 is 0 Å². The number of hydrogen-bond acceptors (Lipinski definition) is 5. The highest BCUT2D eigenvalue weighted by atomic mass is 35.5. The maximum atomic E-state index is 12.7. The van der Waals surface area contributed by atoms with Gasteiger partial charge in [-0.15, -0.1) is 0 Å². The van der Waals surface area contributed by atoms with Gasteiger partial charge in [-0.1, -0.05) is 30.7 Å². The lowest BCUT2D eigenvalue weighted by Gasteiger charge is -2.31. The van der Waals surface area contributed by atoms with Gasteiger partial charge in [-0.3, -0.25) is 4.79 Å². The molecule has 0 bridgehead atoms. The van der Waals surface area contributed by atoms with Crippen molar-refractivity contribution >= 4 is 27.6 Å². The molecule has 3 rings (SSSR count). The molecule has 0 radical (unpaired) electrons. The van der Waals surface area contributed by atoms with Crippen molar-refractivity contribution < 1.29 is 17.9 Å². The molecule has 2 heterocycles. The molecule has 1 fully saturated rings. The van der Waals surface area contributed by atoms with E-state index in [9.17, 15) is 13.2 Å². The third-order valence-electron chi connectivity index (χ3n) is 5.49. The summed E-state index contributed by atoms with van der Waals surface area (Å²) in [4.78, 5) is 16.2. The molecule has 8 heteroatoms. The minimum absolute atomic E-state index is 0.00651. The first-order valence-corrected chi connectivity index (χ1v) is 11.1. The summed E-state index contributed by atoms with van der Waals surface area (Å²) in [5.74, 6) is 0.412. The molecule has 148 valence electrons. The Morgan fingerprint density at radius 2 is 2.00 bits per heavy atom. The summed E-state index contributed by atoms with van der Waals surface area (Å²) in [6.45, 7) is 3.16. The van der Waals surface area contributed by atoms with Crippen LogP contribution in [0.1, 0.15) is 32.6 Å². The normalized spacial score (nSPS) is 24.7. The Balaban J connectivity index is 1.53. The van der Waals surface area contributed by atoms with Crippen molar-refractivity contribution in [3.05, 3.63) is 35.6 Å². The maximum absolute atomic E-state index is 12.7. The number of nitrogens with zero attached hydrogens (tertiary/aromatic N) is 2. The maximum Gasteiger partial charge on any atom is 0.309 e. The van der Waals surface area contributed by atoms with Crippen LogP contribution in [0, 0.1) is 17.8 Å². The summed E-state index contributed by atoms with van der Waals surface area (Å²) < 4.78 is 32.4. The Bertz CT molecular complexity index is 804. The smallest absolute Gasteiger partial charge is 0.309 e. The van der Waals surface area contributed by atoms with E-state index in [1.165, 1.54) is 16.6 Å². The number of aromatic nitrogens is 1. The predicted octanol–water partition coefficient (Wildman–Crippen LogP) is 3.28. The van der Waals surface area contributed by atoms with Crippen LogP contribution >= 0.6 is 11.6 Å². The van der Waals surface area contributed by atoms with Crippen LogP contribution in [0.15, 0.2) is 35.4 Å². The molecule has 2 aliphatic rings. The van der Waals surface area contributed by atoms with E-state index in [1.54, 1.807) is 6.07 Å². The number of piperidine rings is 1. The second-order valence-electron chi connectivity index (χ2n) is 7.28. The Labute approximate surface area is 165 Å². The summed E-state index contributed by atoms with van der Waals surface area (Å²) in [6, 6.07) is 3.00. The summed E-state index contributed by atoms with van der Waals surface area (Å²) in [7, 11) is -3.70. The molecule has 0 saturated carbocycles. The van der Waals surface area contributed by atoms with E-state index >= 15 is 0 Å². The van der Waals surface area contributed by atoms with Gasteiger partial charge in [0, 0.05) is 19.3 Å². The second kappa shape index (κ2) is 8.71. The van der Waals surface area contributed by atoms with Crippen molar-refractivity contribution in [1.29, 1.82) is 0 Å². The lowest BCUT2D eigenvalue weighted by Crippen LogP contribution is -2.41. The molecular weight excluding hydrogens is 388 g/mol. The molecule has 1 aromatic heterocycles. The van der Waals surface area contributed by atoms with Gasteiger partial charge in [-0.2, -0.15) is 4.31 Å². The highest BCUT2D eigenvalue weighted by molar-refractivity contribution is 7.89. The number of sulfonamides is 1. The van der Waals surface area contributed by atoms with Crippen LogP contribution in [-0.4, -0.2) is 43.4 Å². The highest BCUT2D eigenvalue weighted by Crippen LogP contribution is 2.29. The number of ether oxygens (including phenoxy) is 1. The number of pyridine rings is 1.